The van der Waals surface area contributed by atoms with Crippen LogP contribution in [-0.4, -0.2) is 22.6 Å². The predicted octanol–water partition coefficient (Wildman–Crippen LogP) is 2.89. The molecule has 5 nitrogen and oxygen atoms in total. The van der Waals surface area contributed by atoms with Gasteiger partial charge < -0.3 is 10.6 Å². The third kappa shape index (κ3) is 3.70. The molecule has 2 aromatic rings. The van der Waals surface area contributed by atoms with Gasteiger partial charge in [0.15, 0.2) is 0 Å². The molecule has 0 bridgehead atoms. The second-order valence-electron chi connectivity index (χ2n) is 3.95. The van der Waals surface area contributed by atoms with E-state index < -0.39 is 17.5 Å². The Morgan fingerprint density at radius 3 is 2.60 bits per heavy atom. The summed E-state index contributed by atoms with van der Waals surface area (Å²) < 4.78 is 26.0. The van der Waals surface area contributed by atoms with E-state index in [0.29, 0.717) is 5.13 Å². The van der Waals surface area contributed by atoms with Crippen molar-refractivity contribution < 1.29 is 13.6 Å². The monoisotopic (exact) mass is 298 g/mol. The second kappa shape index (κ2) is 6.38. The van der Waals surface area contributed by atoms with E-state index in [2.05, 4.69) is 20.8 Å². The minimum Gasteiger partial charge on any atom is -0.360 e. The smallest absolute Gasteiger partial charge is 0.286 e. The van der Waals surface area contributed by atoms with Crippen LogP contribution in [0.3, 0.4) is 0 Å². The number of nitrogens with one attached hydrogen (secondary N) is 2. The Hall–Kier alpha value is -2.09. The van der Waals surface area contributed by atoms with E-state index in [1.807, 2.05) is 6.92 Å². The van der Waals surface area contributed by atoms with Crippen LogP contribution in [0.2, 0.25) is 0 Å². The van der Waals surface area contributed by atoms with Crippen LogP contribution in [0, 0.1) is 11.6 Å². The highest BCUT2D eigenvalue weighted by Gasteiger charge is 2.13. The second-order valence-corrected chi connectivity index (χ2v) is 4.93. The van der Waals surface area contributed by atoms with Crippen LogP contribution in [0.5, 0.6) is 0 Å². The molecule has 0 unspecified atom stereocenters. The third-order valence-electron chi connectivity index (χ3n) is 2.27. The molecule has 0 saturated heterocycles. The van der Waals surface area contributed by atoms with Crippen molar-refractivity contribution in [3.63, 3.8) is 0 Å². The number of amides is 1. The molecule has 0 atom stereocenters. The van der Waals surface area contributed by atoms with Crippen LogP contribution in [0.1, 0.15) is 23.1 Å². The molecule has 1 amide bonds. The Bertz CT molecular complexity index is 597. The van der Waals surface area contributed by atoms with E-state index >= 15 is 0 Å². The van der Waals surface area contributed by atoms with Crippen molar-refractivity contribution in [2.24, 2.45) is 0 Å². The molecule has 0 aliphatic carbocycles. The molecule has 1 heterocycles. The summed E-state index contributed by atoms with van der Waals surface area (Å²) in [5.74, 6) is -2.08. The average Bonchev–Trinajstić information content (AvgIpc) is 2.83. The Labute approximate surface area is 118 Å². The summed E-state index contributed by atoms with van der Waals surface area (Å²) in [6.45, 7) is 2.73. The number of anilines is 2. The van der Waals surface area contributed by atoms with Gasteiger partial charge in [-0.05, 0) is 18.6 Å². The lowest BCUT2D eigenvalue weighted by molar-refractivity contribution is 0.102. The fraction of sp³-hybridized carbons (Fsp3) is 0.250. The minimum absolute atomic E-state index is 0.0331. The average molecular weight is 298 g/mol. The van der Waals surface area contributed by atoms with Crippen molar-refractivity contribution in [2.45, 2.75) is 13.3 Å². The highest BCUT2D eigenvalue weighted by molar-refractivity contribution is 7.17. The van der Waals surface area contributed by atoms with E-state index in [4.69, 9.17) is 0 Å². The van der Waals surface area contributed by atoms with Gasteiger partial charge in [0.25, 0.3) is 5.91 Å². The summed E-state index contributed by atoms with van der Waals surface area (Å²) in [4.78, 5) is 11.8. The molecule has 0 radical (unpaired) electrons. The van der Waals surface area contributed by atoms with Gasteiger partial charge in [0.05, 0.1) is 0 Å². The molecule has 106 valence electrons. The number of hydrogen-bond donors (Lipinski definition) is 2. The van der Waals surface area contributed by atoms with Crippen LogP contribution in [0.15, 0.2) is 18.2 Å². The van der Waals surface area contributed by atoms with E-state index in [9.17, 15) is 13.6 Å². The molecular formula is C12H12F2N4OS. The Kier molecular flexibility index (Phi) is 4.57. The zero-order valence-corrected chi connectivity index (χ0v) is 11.4. The predicted molar refractivity (Wildman–Crippen MR) is 73.0 cm³/mol. The molecule has 0 aliphatic heterocycles. The third-order valence-corrected chi connectivity index (χ3v) is 3.15. The van der Waals surface area contributed by atoms with E-state index in [-0.39, 0.29) is 10.7 Å². The maximum Gasteiger partial charge on any atom is 0.286 e. The number of halogens is 2. The molecular weight excluding hydrogens is 286 g/mol. The van der Waals surface area contributed by atoms with Gasteiger partial charge >= 0.3 is 0 Å². The highest BCUT2D eigenvalue weighted by atomic mass is 32.1. The zero-order valence-electron chi connectivity index (χ0n) is 10.6. The van der Waals surface area contributed by atoms with Crippen molar-refractivity contribution in [1.82, 2.24) is 10.2 Å². The van der Waals surface area contributed by atoms with Crippen molar-refractivity contribution in [2.75, 3.05) is 17.2 Å². The maximum absolute atomic E-state index is 13.0. The van der Waals surface area contributed by atoms with Gasteiger partial charge in [-0.3, -0.25) is 4.79 Å². The highest BCUT2D eigenvalue weighted by Crippen LogP contribution is 2.18. The molecule has 0 fully saturated rings. The minimum atomic E-state index is -0.761. The first-order valence-electron chi connectivity index (χ1n) is 5.93. The van der Waals surface area contributed by atoms with Crippen molar-refractivity contribution in [3.8, 4) is 0 Å². The molecule has 1 aromatic carbocycles. The van der Waals surface area contributed by atoms with Gasteiger partial charge in [0, 0.05) is 18.3 Å². The number of aromatic nitrogens is 2. The number of carbonyl (C=O) groups is 1. The Morgan fingerprint density at radius 2 is 1.95 bits per heavy atom. The van der Waals surface area contributed by atoms with E-state index in [1.165, 1.54) is 0 Å². The van der Waals surface area contributed by atoms with Crippen LogP contribution in [0.4, 0.5) is 19.6 Å². The molecule has 1 aromatic heterocycles. The maximum atomic E-state index is 13.0. The normalized spacial score (nSPS) is 10.3. The quantitative estimate of drug-likeness (QED) is 0.890. The summed E-state index contributed by atoms with van der Waals surface area (Å²) in [6, 6.07) is 2.78. The molecule has 8 heteroatoms. The number of rotatable bonds is 5. The fourth-order valence-corrected chi connectivity index (χ4v) is 2.09. The van der Waals surface area contributed by atoms with Crippen molar-refractivity contribution in [3.05, 3.63) is 34.8 Å². The lowest BCUT2D eigenvalue weighted by Crippen LogP contribution is -2.11. The van der Waals surface area contributed by atoms with Gasteiger partial charge in [-0.1, -0.05) is 18.3 Å². The van der Waals surface area contributed by atoms with Crippen LogP contribution in [-0.2, 0) is 0 Å². The lowest BCUT2D eigenvalue weighted by atomic mass is 10.3. The summed E-state index contributed by atoms with van der Waals surface area (Å²) in [5.41, 5.74) is 0.0331. The molecule has 0 aliphatic rings. The lowest BCUT2D eigenvalue weighted by Gasteiger charge is -2.02. The van der Waals surface area contributed by atoms with Gasteiger partial charge in [-0.15, -0.1) is 10.2 Å². The van der Waals surface area contributed by atoms with Gasteiger partial charge in [-0.25, -0.2) is 8.78 Å². The topological polar surface area (TPSA) is 66.9 Å². The first kappa shape index (κ1) is 14.3. The van der Waals surface area contributed by atoms with E-state index in [0.717, 1.165) is 42.5 Å². The number of benzene rings is 1. The molecule has 0 spiro atoms. The fourth-order valence-electron chi connectivity index (χ4n) is 1.43. The summed E-state index contributed by atoms with van der Waals surface area (Å²) >= 11 is 1.08. The van der Waals surface area contributed by atoms with Gasteiger partial charge in [0.1, 0.15) is 11.6 Å². The van der Waals surface area contributed by atoms with Crippen LogP contribution < -0.4 is 10.6 Å². The molecule has 20 heavy (non-hydrogen) atoms. The van der Waals surface area contributed by atoms with Crippen molar-refractivity contribution >= 4 is 28.1 Å². The van der Waals surface area contributed by atoms with Gasteiger partial charge in [-0.2, -0.15) is 0 Å². The number of nitrogens with zero attached hydrogens (tertiary/aromatic N) is 2. The van der Waals surface area contributed by atoms with E-state index in [1.54, 1.807) is 0 Å². The number of hydrogen-bond acceptors (Lipinski definition) is 5. The Morgan fingerprint density at radius 1 is 1.25 bits per heavy atom. The largest absolute Gasteiger partial charge is 0.360 e. The first-order valence-corrected chi connectivity index (χ1v) is 6.75. The van der Waals surface area contributed by atoms with Crippen LogP contribution >= 0.6 is 11.3 Å². The first-order chi connectivity index (χ1) is 9.58. The SMILES string of the molecule is CCCNc1nnc(C(=O)Nc2cc(F)cc(F)c2)s1. The number of carbonyl (C=O) groups excluding carboxylic acids is 1. The van der Waals surface area contributed by atoms with Crippen LogP contribution in [0.25, 0.3) is 0 Å². The summed E-state index contributed by atoms with van der Waals surface area (Å²) in [5, 5.41) is 13.5. The molecule has 2 rings (SSSR count). The van der Waals surface area contributed by atoms with Gasteiger partial charge in [0.2, 0.25) is 10.1 Å². The molecule has 0 saturated carbocycles. The van der Waals surface area contributed by atoms with Crippen molar-refractivity contribution in [1.29, 1.82) is 0 Å². The Balaban J connectivity index is 2.05. The molecule has 2 N–H and O–H groups in total. The summed E-state index contributed by atoms with van der Waals surface area (Å²) in [7, 11) is 0. The summed E-state index contributed by atoms with van der Waals surface area (Å²) in [6.07, 6.45) is 0.920. The zero-order chi connectivity index (χ0) is 14.5. The standard InChI is InChI=1S/C12H12F2N4OS/c1-2-3-15-12-18-17-11(20-12)10(19)16-9-5-7(13)4-8(14)6-9/h4-6H,2-3H2,1H3,(H,15,18)(H,16,19).